The number of hydrogen-bond acceptors (Lipinski definition) is 5. The molecule has 0 spiro atoms. The van der Waals surface area contributed by atoms with Gasteiger partial charge >= 0.3 is 0 Å². The number of fused-ring (bicyclic) bond motifs is 3. The molecular weight excluding hydrogens is 428 g/mol. The maximum Gasteiger partial charge on any atom is 0.142 e. The second kappa shape index (κ2) is 14.0. The zero-order valence-electron chi connectivity index (χ0n) is 21.2. The van der Waals surface area contributed by atoms with Crippen molar-refractivity contribution in [2.45, 2.75) is 58.5 Å². The molecule has 2 aromatic rings. The summed E-state index contributed by atoms with van der Waals surface area (Å²) in [6.45, 7) is 10.0. The van der Waals surface area contributed by atoms with Crippen molar-refractivity contribution < 1.29 is 24.1 Å². The topological polar surface area (TPSA) is 57.2 Å². The van der Waals surface area contributed by atoms with E-state index in [0.29, 0.717) is 46.2 Å². The molecule has 3 rings (SSSR count). The molecule has 0 saturated carbocycles. The summed E-state index contributed by atoms with van der Waals surface area (Å²) in [4.78, 5) is 0. The van der Waals surface area contributed by atoms with Crippen LogP contribution in [0, 0.1) is 13.8 Å². The van der Waals surface area contributed by atoms with Gasteiger partial charge in [0.05, 0.1) is 46.2 Å². The monoisotopic (exact) mass is 470 g/mol. The molecule has 0 heterocycles. The van der Waals surface area contributed by atoms with Crippen LogP contribution >= 0.6 is 0 Å². The lowest BCUT2D eigenvalue weighted by Crippen LogP contribution is -2.35. The highest BCUT2D eigenvalue weighted by atomic mass is 16.6. The van der Waals surface area contributed by atoms with E-state index in [-0.39, 0.29) is 6.61 Å². The zero-order valence-corrected chi connectivity index (χ0v) is 21.2. The number of rotatable bonds is 17. The number of unbranched alkanes of at least 4 members (excludes halogenated alkanes) is 4. The van der Waals surface area contributed by atoms with E-state index in [1.807, 2.05) is 0 Å². The summed E-state index contributed by atoms with van der Waals surface area (Å²) in [7, 11) is 0. The molecule has 0 aromatic heterocycles. The third kappa shape index (κ3) is 6.89. The van der Waals surface area contributed by atoms with Gasteiger partial charge in [0, 0.05) is 6.61 Å². The second-order valence-corrected chi connectivity index (χ2v) is 9.19. The summed E-state index contributed by atoms with van der Waals surface area (Å²) in [6.07, 6.45) is 6.03. The first-order valence-electron chi connectivity index (χ1n) is 12.8. The Hall–Kier alpha value is -1.76. The standard InChI is InChI=1S/C29H42O5/c1-4-5-6-7-8-14-34-29(22-33-19-18-32-17-16-31-15-13-30)27-20-23(2)9-11-25(27)26-12-10-24(3)21-28(26)29/h9-12,20-21,30H,4-8,13-19,22H2,1-3H3. The molecular formula is C29H42O5. The van der Waals surface area contributed by atoms with Gasteiger partial charge in [-0.1, -0.05) is 80.1 Å². The quantitative estimate of drug-likeness (QED) is 0.307. The summed E-state index contributed by atoms with van der Waals surface area (Å²) < 4.78 is 23.9. The predicted octanol–water partition coefficient (Wildman–Crippen LogP) is 5.56. The second-order valence-electron chi connectivity index (χ2n) is 9.19. The fraction of sp³-hybridized carbons (Fsp3) is 0.586. The number of ether oxygens (including phenoxy) is 4. The molecule has 0 saturated heterocycles. The summed E-state index contributed by atoms with van der Waals surface area (Å²) in [5.41, 5.74) is 6.76. The lowest BCUT2D eigenvalue weighted by molar-refractivity contribution is -0.0843. The number of aliphatic hydroxyl groups excluding tert-OH is 1. The Balaban J connectivity index is 1.72. The molecule has 5 heteroatoms. The van der Waals surface area contributed by atoms with Crippen molar-refractivity contribution in [1.29, 1.82) is 0 Å². The highest BCUT2D eigenvalue weighted by Gasteiger charge is 2.44. The highest BCUT2D eigenvalue weighted by molar-refractivity contribution is 5.81. The van der Waals surface area contributed by atoms with Crippen LogP contribution in [0.25, 0.3) is 11.1 Å². The normalized spacial score (nSPS) is 13.8. The zero-order chi connectivity index (χ0) is 24.2. The van der Waals surface area contributed by atoms with Crippen molar-refractivity contribution in [3.05, 3.63) is 58.7 Å². The Labute approximate surface area is 205 Å². The molecule has 0 amide bonds. The lowest BCUT2D eigenvalue weighted by atomic mass is 9.90. The molecule has 1 aliphatic rings. The van der Waals surface area contributed by atoms with Gasteiger partial charge in [0.25, 0.3) is 0 Å². The van der Waals surface area contributed by atoms with E-state index < -0.39 is 5.60 Å². The van der Waals surface area contributed by atoms with E-state index in [0.717, 1.165) is 6.42 Å². The molecule has 5 nitrogen and oxygen atoms in total. The Morgan fingerprint density at radius 1 is 0.676 bits per heavy atom. The fourth-order valence-corrected chi connectivity index (χ4v) is 4.62. The van der Waals surface area contributed by atoms with Crippen LogP contribution in [0.1, 0.15) is 61.3 Å². The molecule has 0 atom stereocenters. The van der Waals surface area contributed by atoms with Gasteiger partial charge in [-0.3, -0.25) is 0 Å². The van der Waals surface area contributed by atoms with Crippen molar-refractivity contribution in [3.8, 4) is 11.1 Å². The molecule has 0 radical (unpaired) electrons. The minimum atomic E-state index is -0.600. The summed E-state index contributed by atoms with van der Waals surface area (Å²) in [5.74, 6) is 0. The van der Waals surface area contributed by atoms with Crippen molar-refractivity contribution >= 4 is 0 Å². The number of aliphatic hydroxyl groups is 1. The van der Waals surface area contributed by atoms with Crippen molar-refractivity contribution in [1.82, 2.24) is 0 Å². The molecule has 188 valence electrons. The van der Waals surface area contributed by atoms with Crippen LogP contribution in [0.15, 0.2) is 36.4 Å². The average Bonchev–Trinajstić information content (AvgIpc) is 3.08. The molecule has 1 N–H and O–H groups in total. The fourth-order valence-electron chi connectivity index (χ4n) is 4.62. The van der Waals surface area contributed by atoms with Gasteiger partial charge in [-0.05, 0) is 42.5 Å². The van der Waals surface area contributed by atoms with Crippen LogP contribution in [-0.2, 0) is 24.5 Å². The van der Waals surface area contributed by atoms with E-state index in [9.17, 15) is 0 Å². The first-order valence-corrected chi connectivity index (χ1v) is 12.8. The van der Waals surface area contributed by atoms with Gasteiger partial charge in [0.2, 0.25) is 0 Å². The molecule has 0 fully saturated rings. The number of benzene rings is 2. The molecule has 2 aromatic carbocycles. The number of aryl methyl sites for hydroxylation is 2. The summed E-state index contributed by atoms with van der Waals surface area (Å²) in [5, 5.41) is 8.76. The summed E-state index contributed by atoms with van der Waals surface area (Å²) >= 11 is 0. The van der Waals surface area contributed by atoms with Crippen LogP contribution in [0.2, 0.25) is 0 Å². The van der Waals surface area contributed by atoms with Gasteiger partial charge in [0.1, 0.15) is 5.60 Å². The first-order chi connectivity index (χ1) is 16.6. The molecule has 34 heavy (non-hydrogen) atoms. The Morgan fingerprint density at radius 2 is 1.24 bits per heavy atom. The van der Waals surface area contributed by atoms with E-state index in [1.165, 1.54) is 59.1 Å². The Bertz CT molecular complexity index is 827. The molecule has 1 aliphatic carbocycles. The lowest BCUT2D eigenvalue weighted by Gasteiger charge is -2.32. The maximum absolute atomic E-state index is 8.76. The minimum Gasteiger partial charge on any atom is -0.394 e. The van der Waals surface area contributed by atoms with Crippen LogP contribution < -0.4 is 0 Å². The van der Waals surface area contributed by atoms with Crippen LogP contribution in [-0.4, -0.2) is 58.0 Å². The molecule has 0 unspecified atom stereocenters. The maximum atomic E-state index is 8.76. The molecule has 0 aliphatic heterocycles. The van der Waals surface area contributed by atoms with E-state index in [4.69, 9.17) is 24.1 Å². The largest absolute Gasteiger partial charge is 0.394 e. The van der Waals surface area contributed by atoms with Gasteiger partial charge in [-0.25, -0.2) is 0 Å². The smallest absolute Gasteiger partial charge is 0.142 e. The Morgan fingerprint density at radius 3 is 1.82 bits per heavy atom. The van der Waals surface area contributed by atoms with E-state index >= 15 is 0 Å². The van der Waals surface area contributed by atoms with Crippen molar-refractivity contribution in [3.63, 3.8) is 0 Å². The number of hydrogen-bond donors (Lipinski definition) is 1. The molecule has 0 bridgehead atoms. The highest BCUT2D eigenvalue weighted by Crippen LogP contribution is 2.50. The van der Waals surface area contributed by atoms with Gasteiger partial charge in [-0.15, -0.1) is 0 Å². The Kier molecular flexibility index (Phi) is 11.0. The third-order valence-electron chi connectivity index (χ3n) is 6.39. The minimum absolute atomic E-state index is 0.0334. The van der Waals surface area contributed by atoms with Gasteiger partial charge in [0.15, 0.2) is 0 Å². The third-order valence-corrected chi connectivity index (χ3v) is 6.39. The SMILES string of the molecule is CCCCCCCOC1(COCCOCCOCCO)c2cc(C)ccc2-c2ccc(C)cc21. The van der Waals surface area contributed by atoms with Gasteiger partial charge in [-0.2, -0.15) is 0 Å². The average molecular weight is 471 g/mol. The van der Waals surface area contributed by atoms with Crippen molar-refractivity contribution in [2.24, 2.45) is 0 Å². The van der Waals surface area contributed by atoms with Crippen LogP contribution in [0.5, 0.6) is 0 Å². The van der Waals surface area contributed by atoms with Crippen molar-refractivity contribution in [2.75, 3.05) is 52.9 Å². The van der Waals surface area contributed by atoms with Crippen LogP contribution in [0.4, 0.5) is 0 Å². The van der Waals surface area contributed by atoms with E-state index in [1.54, 1.807) is 0 Å². The predicted molar refractivity (Wildman–Crippen MR) is 136 cm³/mol. The summed E-state index contributed by atoms with van der Waals surface area (Å²) in [6, 6.07) is 13.3. The first kappa shape index (κ1) is 26.8. The van der Waals surface area contributed by atoms with Crippen LogP contribution in [0.3, 0.4) is 0 Å². The van der Waals surface area contributed by atoms with E-state index in [2.05, 4.69) is 57.2 Å². The van der Waals surface area contributed by atoms with Gasteiger partial charge < -0.3 is 24.1 Å².